The lowest BCUT2D eigenvalue weighted by atomic mass is 10.1. The molecule has 134 valence electrons. The highest BCUT2D eigenvalue weighted by atomic mass is 16.5. The van der Waals surface area contributed by atoms with Crippen molar-refractivity contribution in [1.82, 2.24) is 4.40 Å². The fourth-order valence-electron chi connectivity index (χ4n) is 3.33. The molecule has 0 aliphatic heterocycles. The maximum atomic E-state index is 12.9. The number of hydrogen-bond donors (Lipinski definition) is 1. The molecule has 2 aromatic carbocycles. The first-order chi connectivity index (χ1) is 13.1. The number of hydrogen-bond acceptors (Lipinski definition) is 3. The van der Waals surface area contributed by atoms with Crippen LogP contribution in [0.25, 0.3) is 16.3 Å². The number of carbonyl (C=O) groups is 2. The summed E-state index contributed by atoms with van der Waals surface area (Å²) in [5, 5.41) is 4.77. The molecule has 0 fully saturated rings. The van der Waals surface area contributed by atoms with Gasteiger partial charge in [0.05, 0.1) is 18.2 Å². The number of ether oxygens (including phenoxy) is 1. The Balaban J connectivity index is 1.89. The van der Waals surface area contributed by atoms with Gasteiger partial charge < -0.3 is 14.5 Å². The van der Waals surface area contributed by atoms with Gasteiger partial charge in [-0.25, -0.2) is 4.79 Å². The van der Waals surface area contributed by atoms with E-state index in [0.29, 0.717) is 22.5 Å². The highest BCUT2D eigenvalue weighted by Gasteiger charge is 2.21. The summed E-state index contributed by atoms with van der Waals surface area (Å²) in [6, 6.07) is 18.8. The maximum absolute atomic E-state index is 12.9. The van der Waals surface area contributed by atoms with E-state index in [0.717, 1.165) is 16.3 Å². The number of nitrogens with zero attached hydrogens (tertiary/aromatic N) is 1. The van der Waals surface area contributed by atoms with Crippen LogP contribution < -0.4 is 5.32 Å². The Kier molecular flexibility index (Phi) is 4.12. The predicted molar refractivity (Wildman–Crippen MR) is 105 cm³/mol. The minimum absolute atomic E-state index is 0.291. The van der Waals surface area contributed by atoms with E-state index >= 15 is 0 Å². The summed E-state index contributed by atoms with van der Waals surface area (Å²) < 4.78 is 6.67. The van der Waals surface area contributed by atoms with Gasteiger partial charge in [0.2, 0.25) is 0 Å². The first-order valence-corrected chi connectivity index (χ1v) is 8.57. The summed E-state index contributed by atoms with van der Waals surface area (Å²) in [5.41, 5.74) is 3.15. The molecule has 4 aromatic rings. The van der Waals surface area contributed by atoms with Gasteiger partial charge in [0.15, 0.2) is 0 Å². The Bertz CT molecular complexity index is 1190. The van der Waals surface area contributed by atoms with E-state index in [1.54, 1.807) is 16.7 Å². The summed E-state index contributed by atoms with van der Waals surface area (Å²) in [7, 11) is 1.34. The number of pyridine rings is 1. The number of rotatable bonds is 3. The quantitative estimate of drug-likeness (QED) is 0.551. The Morgan fingerprint density at radius 3 is 2.59 bits per heavy atom. The first kappa shape index (κ1) is 16.8. The second kappa shape index (κ2) is 6.61. The van der Waals surface area contributed by atoms with E-state index in [2.05, 4.69) is 5.32 Å². The molecule has 5 nitrogen and oxygen atoms in total. The average molecular weight is 358 g/mol. The number of aryl methyl sites for hydroxylation is 1. The van der Waals surface area contributed by atoms with Crippen molar-refractivity contribution >= 4 is 33.9 Å². The van der Waals surface area contributed by atoms with Crippen molar-refractivity contribution < 1.29 is 14.3 Å². The van der Waals surface area contributed by atoms with Gasteiger partial charge in [-0.15, -0.1) is 0 Å². The van der Waals surface area contributed by atoms with E-state index in [9.17, 15) is 9.59 Å². The number of nitrogens with one attached hydrogen (secondary N) is 1. The second-order valence-electron chi connectivity index (χ2n) is 6.38. The largest absolute Gasteiger partial charge is 0.465 e. The smallest absolute Gasteiger partial charge is 0.340 e. The number of esters is 1. The molecular weight excluding hydrogens is 340 g/mol. The molecule has 0 saturated carbocycles. The van der Waals surface area contributed by atoms with Crippen LogP contribution in [0.1, 0.15) is 26.4 Å². The second-order valence-corrected chi connectivity index (χ2v) is 6.38. The van der Waals surface area contributed by atoms with Crippen molar-refractivity contribution in [3.8, 4) is 0 Å². The molecule has 0 atom stereocenters. The van der Waals surface area contributed by atoms with Crippen LogP contribution >= 0.6 is 0 Å². The molecule has 2 aromatic heterocycles. The molecular formula is C22H18N2O3. The summed E-state index contributed by atoms with van der Waals surface area (Å²) in [6.07, 6.45) is 1.80. The number of carbonyl (C=O) groups excluding carboxylic acids is 2. The van der Waals surface area contributed by atoms with Crippen molar-refractivity contribution in [3.05, 3.63) is 83.7 Å². The molecule has 27 heavy (non-hydrogen) atoms. The molecule has 0 spiro atoms. The molecule has 0 saturated heterocycles. The van der Waals surface area contributed by atoms with Gasteiger partial charge in [0, 0.05) is 17.3 Å². The van der Waals surface area contributed by atoms with Crippen LogP contribution in [0.3, 0.4) is 0 Å². The zero-order valence-corrected chi connectivity index (χ0v) is 15.0. The molecule has 2 heterocycles. The molecule has 1 amide bonds. The van der Waals surface area contributed by atoms with Crippen LogP contribution in [-0.2, 0) is 4.74 Å². The summed E-state index contributed by atoms with van der Waals surface area (Å²) in [6.45, 7) is 1.96. The van der Waals surface area contributed by atoms with Crippen molar-refractivity contribution in [2.45, 2.75) is 6.92 Å². The molecule has 0 radical (unpaired) electrons. The number of amides is 1. The minimum atomic E-state index is -0.474. The first-order valence-electron chi connectivity index (χ1n) is 8.57. The van der Waals surface area contributed by atoms with Crippen LogP contribution in [0, 0.1) is 6.92 Å². The molecule has 4 rings (SSSR count). The van der Waals surface area contributed by atoms with Crippen LogP contribution in [0.4, 0.5) is 5.69 Å². The number of aromatic nitrogens is 1. The monoisotopic (exact) mass is 358 g/mol. The zero-order chi connectivity index (χ0) is 19.0. The van der Waals surface area contributed by atoms with Crippen molar-refractivity contribution in [1.29, 1.82) is 0 Å². The Morgan fingerprint density at radius 2 is 1.81 bits per heavy atom. The van der Waals surface area contributed by atoms with Crippen molar-refractivity contribution in [3.63, 3.8) is 0 Å². The van der Waals surface area contributed by atoms with Gasteiger partial charge in [-0.2, -0.15) is 0 Å². The molecule has 0 aliphatic carbocycles. The van der Waals surface area contributed by atoms with Gasteiger partial charge in [-0.1, -0.05) is 36.4 Å². The normalized spacial score (nSPS) is 10.9. The molecule has 5 heteroatoms. The zero-order valence-electron chi connectivity index (χ0n) is 15.0. The minimum Gasteiger partial charge on any atom is -0.465 e. The van der Waals surface area contributed by atoms with Gasteiger partial charge in [-0.3, -0.25) is 4.79 Å². The summed E-state index contributed by atoms with van der Waals surface area (Å²) in [4.78, 5) is 25.3. The van der Waals surface area contributed by atoms with Crippen LogP contribution in [0.5, 0.6) is 0 Å². The fourth-order valence-corrected chi connectivity index (χ4v) is 3.33. The summed E-state index contributed by atoms with van der Waals surface area (Å²) >= 11 is 0. The Labute approximate surface area is 156 Å². The summed E-state index contributed by atoms with van der Waals surface area (Å²) in [5.74, 6) is -0.764. The third kappa shape index (κ3) is 2.93. The van der Waals surface area contributed by atoms with E-state index < -0.39 is 5.97 Å². The highest BCUT2D eigenvalue weighted by molar-refractivity contribution is 6.12. The molecule has 0 unspecified atom stereocenters. The van der Waals surface area contributed by atoms with E-state index in [1.165, 1.54) is 7.11 Å². The maximum Gasteiger partial charge on any atom is 0.340 e. The van der Waals surface area contributed by atoms with Gasteiger partial charge in [0.1, 0.15) is 5.69 Å². The van der Waals surface area contributed by atoms with Crippen molar-refractivity contribution in [2.24, 2.45) is 0 Å². The Hall–Kier alpha value is -3.60. The van der Waals surface area contributed by atoms with Crippen molar-refractivity contribution in [2.75, 3.05) is 12.4 Å². The van der Waals surface area contributed by atoms with Crippen LogP contribution in [-0.4, -0.2) is 23.4 Å². The number of methoxy groups -OCH3 is 1. The molecule has 1 N–H and O–H groups in total. The van der Waals surface area contributed by atoms with E-state index in [4.69, 9.17) is 4.74 Å². The fraction of sp³-hybridized carbons (Fsp3) is 0.0909. The third-order valence-corrected chi connectivity index (χ3v) is 4.57. The van der Waals surface area contributed by atoms with Gasteiger partial charge in [0.25, 0.3) is 5.91 Å². The average Bonchev–Trinajstić information content (AvgIpc) is 3.08. The predicted octanol–water partition coefficient (Wildman–Crippen LogP) is 4.44. The SMILES string of the molecule is COC(=O)c1cc(C(=O)Nc2cccc(C)c2)n2ccc3ccccc3c12. The lowest BCUT2D eigenvalue weighted by molar-refractivity contribution is 0.0603. The number of benzene rings is 2. The lowest BCUT2D eigenvalue weighted by Crippen LogP contribution is -2.14. The van der Waals surface area contributed by atoms with Crippen LogP contribution in [0.15, 0.2) is 66.9 Å². The third-order valence-electron chi connectivity index (χ3n) is 4.57. The van der Waals surface area contributed by atoms with Gasteiger partial charge >= 0.3 is 5.97 Å². The van der Waals surface area contributed by atoms with E-state index in [-0.39, 0.29) is 5.91 Å². The topological polar surface area (TPSA) is 59.8 Å². The standard InChI is InChI=1S/C22H18N2O3/c1-14-6-5-8-16(12-14)23-21(25)19-13-18(22(26)27-2)20-17-9-4-3-7-15(17)10-11-24(19)20/h3-13H,1-2H3,(H,23,25). The number of fused-ring (bicyclic) bond motifs is 3. The van der Waals surface area contributed by atoms with E-state index in [1.807, 2.05) is 61.5 Å². The van der Waals surface area contributed by atoms with Crippen LogP contribution in [0.2, 0.25) is 0 Å². The molecule has 0 aliphatic rings. The number of anilines is 1. The van der Waals surface area contributed by atoms with Gasteiger partial charge in [-0.05, 0) is 42.1 Å². The highest BCUT2D eigenvalue weighted by Crippen LogP contribution is 2.27. The lowest BCUT2D eigenvalue weighted by Gasteiger charge is -2.08. The molecule has 0 bridgehead atoms. The Morgan fingerprint density at radius 1 is 1.00 bits per heavy atom.